The van der Waals surface area contributed by atoms with Gasteiger partial charge in [-0.25, -0.2) is 9.78 Å². The number of hydrogen-bond acceptors (Lipinski definition) is 5. The van der Waals surface area contributed by atoms with Crippen molar-refractivity contribution in [3.05, 3.63) is 12.0 Å². The van der Waals surface area contributed by atoms with E-state index in [1.165, 1.54) is 0 Å². The van der Waals surface area contributed by atoms with E-state index in [1.807, 2.05) is 0 Å². The molecule has 0 N–H and O–H groups in total. The second-order valence-corrected chi connectivity index (χ2v) is 3.27. The van der Waals surface area contributed by atoms with Gasteiger partial charge in [0.05, 0.1) is 12.8 Å². The highest BCUT2D eigenvalue weighted by Gasteiger charge is 2.32. The Morgan fingerprint density at radius 1 is 1.67 bits per heavy atom. The summed E-state index contributed by atoms with van der Waals surface area (Å²) in [6.45, 7) is 1.68. The first-order valence-electron chi connectivity index (χ1n) is 3.81. The van der Waals surface area contributed by atoms with Gasteiger partial charge in [0.2, 0.25) is 5.76 Å². The van der Waals surface area contributed by atoms with Gasteiger partial charge in [-0.15, -0.1) is 0 Å². The third-order valence-corrected chi connectivity index (χ3v) is 1.76. The average Bonchev–Trinajstić information content (AvgIpc) is 2.50. The lowest BCUT2D eigenvalue weighted by Crippen LogP contribution is -2.02. The highest BCUT2D eigenvalue weighted by Crippen LogP contribution is 2.36. The molecule has 8 heteroatoms. The Kier molecular flexibility index (Phi) is 3.61. The van der Waals surface area contributed by atoms with Crippen LogP contribution in [0.3, 0.4) is 0 Å². The topological polar surface area (TPSA) is 52.3 Å². The first-order valence-corrected chi connectivity index (χ1v) is 4.62. The predicted octanol–water partition coefficient (Wildman–Crippen LogP) is 2.46. The Hall–Kier alpha value is -1.18. The Bertz CT molecular complexity index is 349. The summed E-state index contributed by atoms with van der Waals surface area (Å²) in [5.74, 6) is -1.18. The molecule has 0 unspecified atom stereocenters. The molecule has 0 saturated heterocycles. The number of carbonyl (C=O) groups excluding carboxylic acids is 1. The summed E-state index contributed by atoms with van der Waals surface area (Å²) >= 11 is -0.528. The number of ether oxygens (including phenoxy) is 1. The van der Waals surface area contributed by atoms with Gasteiger partial charge in [-0.1, -0.05) is 0 Å². The van der Waals surface area contributed by atoms with Gasteiger partial charge >= 0.3 is 11.5 Å². The van der Waals surface area contributed by atoms with E-state index in [0.29, 0.717) is 0 Å². The monoisotopic (exact) mass is 241 g/mol. The van der Waals surface area contributed by atoms with Gasteiger partial charge in [-0.3, -0.25) is 0 Å². The number of rotatable bonds is 3. The van der Waals surface area contributed by atoms with Crippen LogP contribution in [-0.4, -0.2) is 23.1 Å². The maximum Gasteiger partial charge on any atom is 0.450 e. The van der Waals surface area contributed by atoms with E-state index < -0.39 is 28.5 Å². The Balaban J connectivity index is 2.68. The maximum atomic E-state index is 11.8. The Labute approximate surface area is 86.8 Å². The molecule has 0 bridgehead atoms. The number of nitrogens with zero attached hydrogens (tertiary/aromatic N) is 1. The minimum Gasteiger partial charge on any atom is -0.460 e. The van der Waals surface area contributed by atoms with Crippen LogP contribution in [0.25, 0.3) is 0 Å². The second kappa shape index (κ2) is 4.56. The van der Waals surface area contributed by atoms with Crippen molar-refractivity contribution in [1.82, 2.24) is 4.98 Å². The quantitative estimate of drug-likeness (QED) is 0.601. The van der Waals surface area contributed by atoms with Gasteiger partial charge in [0.25, 0.3) is 5.22 Å². The van der Waals surface area contributed by atoms with Crippen LogP contribution >= 0.6 is 11.8 Å². The second-order valence-electron chi connectivity index (χ2n) is 2.26. The van der Waals surface area contributed by atoms with Crippen molar-refractivity contribution in [2.24, 2.45) is 0 Å². The lowest BCUT2D eigenvalue weighted by molar-refractivity contribution is -0.0338. The van der Waals surface area contributed by atoms with E-state index in [-0.39, 0.29) is 12.4 Å². The molecule has 84 valence electrons. The summed E-state index contributed by atoms with van der Waals surface area (Å²) in [4.78, 5) is 14.3. The molecule has 0 aliphatic rings. The molecule has 0 saturated carbocycles. The zero-order valence-electron chi connectivity index (χ0n) is 7.50. The van der Waals surface area contributed by atoms with Crippen LogP contribution in [0.5, 0.6) is 0 Å². The molecule has 1 aromatic heterocycles. The third-order valence-electron chi connectivity index (χ3n) is 1.16. The molecule has 1 heterocycles. The fourth-order valence-electron chi connectivity index (χ4n) is 0.701. The number of aromatic nitrogens is 1. The molecule has 1 aromatic rings. The predicted molar refractivity (Wildman–Crippen MR) is 44.4 cm³/mol. The molecule has 0 radical (unpaired) electrons. The summed E-state index contributed by atoms with van der Waals surface area (Å²) in [6.07, 6.45) is 0.895. The molecular weight excluding hydrogens is 235 g/mol. The van der Waals surface area contributed by atoms with Gasteiger partial charge in [0, 0.05) is 11.8 Å². The van der Waals surface area contributed by atoms with E-state index in [2.05, 4.69) is 14.1 Å². The lowest BCUT2D eigenvalue weighted by atomic mass is 10.5. The van der Waals surface area contributed by atoms with Crippen LogP contribution in [-0.2, 0) is 4.74 Å². The fraction of sp³-hybridized carbons (Fsp3) is 0.429. The fourth-order valence-corrected chi connectivity index (χ4v) is 1.14. The van der Waals surface area contributed by atoms with E-state index >= 15 is 0 Å². The number of thioether (sulfide) groups is 1. The number of oxazole rings is 1. The Morgan fingerprint density at radius 3 is 2.87 bits per heavy atom. The van der Waals surface area contributed by atoms with Gasteiger partial charge in [0.15, 0.2) is 0 Å². The van der Waals surface area contributed by atoms with Crippen molar-refractivity contribution >= 4 is 17.7 Å². The van der Waals surface area contributed by atoms with Gasteiger partial charge < -0.3 is 9.15 Å². The number of esters is 1. The molecule has 0 aliphatic heterocycles. The summed E-state index contributed by atoms with van der Waals surface area (Å²) in [5, 5.41) is -0.634. The molecule has 1 rings (SSSR count). The molecular formula is C7H6F3NO3S. The van der Waals surface area contributed by atoms with Crippen molar-refractivity contribution < 1.29 is 27.1 Å². The number of carbonyl (C=O) groups is 1. The Morgan fingerprint density at radius 2 is 2.33 bits per heavy atom. The normalized spacial score (nSPS) is 11.5. The highest BCUT2D eigenvalue weighted by atomic mass is 32.2. The number of alkyl halides is 3. The van der Waals surface area contributed by atoms with E-state index in [9.17, 15) is 18.0 Å². The van der Waals surface area contributed by atoms with Gasteiger partial charge in [0.1, 0.15) is 0 Å². The van der Waals surface area contributed by atoms with Crippen molar-refractivity contribution in [3.8, 4) is 0 Å². The van der Waals surface area contributed by atoms with Crippen molar-refractivity contribution in [1.29, 1.82) is 0 Å². The van der Waals surface area contributed by atoms with Crippen molar-refractivity contribution in [3.63, 3.8) is 0 Å². The largest absolute Gasteiger partial charge is 0.460 e. The standard InChI is InChI=1S/C7H6F3NO3S/c1-2-13-5(12)4-3-11-6(14-4)15-7(8,9)10/h3H,2H2,1H3. The average molecular weight is 241 g/mol. The SMILES string of the molecule is CCOC(=O)c1cnc(SC(F)(F)F)o1. The third kappa shape index (κ3) is 3.82. The van der Waals surface area contributed by atoms with Crippen LogP contribution in [0.4, 0.5) is 13.2 Å². The molecule has 0 aliphatic carbocycles. The highest BCUT2D eigenvalue weighted by molar-refractivity contribution is 7.99. The van der Waals surface area contributed by atoms with Crippen molar-refractivity contribution in [2.75, 3.05) is 6.61 Å². The minimum absolute atomic E-state index is 0.112. The lowest BCUT2D eigenvalue weighted by Gasteiger charge is -2.00. The van der Waals surface area contributed by atoms with E-state index in [1.54, 1.807) is 6.92 Å². The molecule has 0 fully saturated rings. The van der Waals surface area contributed by atoms with Crippen LogP contribution < -0.4 is 0 Å². The number of hydrogen-bond donors (Lipinski definition) is 0. The minimum atomic E-state index is -4.49. The van der Waals surface area contributed by atoms with Crippen LogP contribution in [0, 0.1) is 0 Å². The van der Waals surface area contributed by atoms with Gasteiger partial charge in [-0.05, 0) is 6.92 Å². The summed E-state index contributed by atoms with van der Waals surface area (Å²) in [6, 6.07) is 0. The zero-order valence-corrected chi connectivity index (χ0v) is 8.32. The molecule has 0 aromatic carbocycles. The maximum absolute atomic E-state index is 11.8. The smallest absolute Gasteiger partial charge is 0.450 e. The number of halogens is 3. The first-order chi connectivity index (χ1) is 6.92. The molecule has 15 heavy (non-hydrogen) atoms. The molecule has 0 spiro atoms. The van der Waals surface area contributed by atoms with Crippen LogP contribution in [0.2, 0.25) is 0 Å². The van der Waals surface area contributed by atoms with Gasteiger partial charge in [-0.2, -0.15) is 13.2 Å². The van der Waals surface area contributed by atoms with Crippen molar-refractivity contribution in [2.45, 2.75) is 17.7 Å². The molecule has 4 nitrogen and oxygen atoms in total. The van der Waals surface area contributed by atoms with Crippen LogP contribution in [0.15, 0.2) is 15.8 Å². The zero-order chi connectivity index (χ0) is 11.5. The summed E-state index contributed by atoms with van der Waals surface area (Å²) in [5.41, 5.74) is -4.49. The van der Waals surface area contributed by atoms with E-state index in [4.69, 9.17) is 0 Å². The summed E-state index contributed by atoms with van der Waals surface area (Å²) < 4.78 is 44.6. The first kappa shape index (κ1) is 11.9. The molecule has 0 atom stereocenters. The van der Waals surface area contributed by atoms with E-state index in [0.717, 1.165) is 6.20 Å². The van der Waals surface area contributed by atoms with Crippen LogP contribution in [0.1, 0.15) is 17.5 Å². The summed E-state index contributed by atoms with van der Waals surface area (Å²) in [7, 11) is 0. The molecule has 0 amide bonds.